The van der Waals surface area contributed by atoms with Crippen molar-refractivity contribution < 1.29 is 0 Å². The zero-order valence-electron chi connectivity index (χ0n) is 8.95. The number of nitrogens with two attached hydrogens (primary N) is 3. The van der Waals surface area contributed by atoms with Gasteiger partial charge in [0.15, 0.2) is 0 Å². The topological polar surface area (TPSA) is 90.1 Å². The molecule has 1 rings (SSSR count). The Hall–Kier alpha value is -1.10. The number of hydrogen-bond acceptors (Lipinski definition) is 4. The summed E-state index contributed by atoms with van der Waals surface area (Å²) in [5.41, 5.74) is 18.9. The number of nitrogens with one attached hydrogen (secondary N) is 1. The molecule has 0 radical (unpaired) electrons. The van der Waals surface area contributed by atoms with Gasteiger partial charge < -0.3 is 22.5 Å². The summed E-state index contributed by atoms with van der Waals surface area (Å²) in [5.74, 6) is 0. The molecule has 84 valence electrons. The fraction of sp³-hybridized carbons (Fsp3) is 0.455. The van der Waals surface area contributed by atoms with E-state index in [4.69, 9.17) is 17.2 Å². The van der Waals surface area contributed by atoms with Crippen LogP contribution in [0.3, 0.4) is 0 Å². The van der Waals surface area contributed by atoms with Gasteiger partial charge in [0, 0.05) is 31.4 Å². The predicted octanol–water partition coefficient (Wildman–Crippen LogP) is -0.313. The van der Waals surface area contributed by atoms with Crippen LogP contribution in [-0.2, 0) is 6.42 Å². The van der Waals surface area contributed by atoms with E-state index in [-0.39, 0.29) is 6.04 Å². The van der Waals surface area contributed by atoms with E-state index in [0.717, 1.165) is 25.2 Å². The highest BCUT2D eigenvalue weighted by Crippen LogP contribution is 2.06. The van der Waals surface area contributed by atoms with Crippen LogP contribution in [0.4, 0.5) is 5.69 Å². The summed E-state index contributed by atoms with van der Waals surface area (Å²) in [6.07, 6.45) is 0.859. The molecule has 0 aliphatic heterocycles. The first kappa shape index (κ1) is 12.0. The first-order valence-corrected chi connectivity index (χ1v) is 5.23. The number of hydrogen-bond donors (Lipinski definition) is 4. The molecule has 0 fully saturated rings. The Balaban J connectivity index is 2.31. The summed E-state index contributed by atoms with van der Waals surface area (Å²) >= 11 is 0. The van der Waals surface area contributed by atoms with Gasteiger partial charge in [0.1, 0.15) is 0 Å². The number of rotatable bonds is 6. The molecule has 0 amide bonds. The molecule has 7 N–H and O–H groups in total. The predicted molar refractivity (Wildman–Crippen MR) is 64.5 cm³/mol. The lowest BCUT2D eigenvalue weighted by Gasteiger charge is -2.12. The van der Waals surface area contributed by atoms with E-state index in [0.29, 0.717) is 6.54 Å². The van der Waals surface area contributed by atoms with Crippen molar-refractivity contribution in [3.8, 4) is 0 Å². The van der Waals surface area contributed by atoms with Gasteiger partial charge >= 0.3 is 0 Å². The average Bonchev–Trinajstić information content (AvgIpc) is 2.22. The minimum atomic E-state index is 0.125. The molecule has 0 aliphatic carbocycles. The van der Waals surface area contributed by atoms with Gasteiger partial charge in [0.05, 0.1) is 0 Å². The molecule has 0 saturated heterocycles. The second-order valence-corrected chi connectivity index (χ2v) is 3.70. The van der Waals surface area contributed by atoms with Crippen molar-refractivity contribution >= 4 is 5.69 Å². The third kappa shape index (κ3) is 4.78. The Labute approximate surface area is 90.8 Å². The Morgan fingerprint density at radius 3 is 2.47 bits per heavy atom. The van der Waals surface area contributed by atoms with Gasteiger partial charge in [0.25, 0.3) is 0 Å². The minimum Gasteiger partial charge on any atom is -0.399 e. The molecule has 0 saturated carbocycles. The molecule has 4 heteroatoms. The van der Waals surface area contributed by atoms with E-state index in [9.17, 15) is 0 Å². The zero-order chi connectivity index (χ0) is 11.1. The Morgan fingerprint density at radius 2 is 1.87 bits per heavy atom. The second kappa shape index (κ2) is 6.40. The Bertz CT molecular complexity index is 270. The summed E-state index contributed by atoms with van der Waals surface area (Å²) in [4.78, 5) is 0. The molecule has 1 aromatic carbocycles. The third-order valence-corrected chi connectivity index (χ3v) is 2.21. The Kier molecular flexibility index (Phi) is 5.10. The number of anilines is 1. The van der Waals surface area contributed by atoms with Crippen molar-refractivity contribution in [2.75, 3.05) is 25.4 Å². The highest BCUT2D eigenvalue weighted by Gasteiger charge is 2.02. The molecule has 0 aliphatic rings. The molecule has 0 bridgehead atoms. The zero-order valence-corrected chi connectivity index (χ0v) is 8.95. The van der Waals surface area contributed by atoms with Crippen molar-refractivity contribution in [3.63, 3.8) is 0 Å². The van der Waals surface area contributed by atoms with Crippen molar-refractivity contribution in [2.24, 2.45) is 11.5 Å². The highest BCUT2D eigenvalue weighted by molar-refractivity contribution is 5.39. The average molecular weight is 208 g/mol. The summed E-state index contributed by atoms with van der Waals surface area (Å²) in [5, 5.41) is 3.19. The van der Waals surface area contributed by atoms with Crippen molar-refractivity contribution in [2.45, 2.75) is 12.5 Å². The van der Waals surface area contributed by atoms with Gasteiger partial charge in [0.2, 0.25) is 0 Å². The van der Waals surface area contributed by atoms with Crippen LogP contribution in [-0.4, -0.2) is 25.7 Å². The van der Waals surface area contributed by atoms with Crippen LogP contribution in [0.1, 0.15) is 5.56 Å². The molecule has 4 nitrogen and oxygen atoms in total. The molecule has 0 unspecified atom stereocenters. The van der Waals surface area contributed by atoms with Crippen LogP contribution in [0.15, 0.2) is 24.3 Å². The van der Waals surface area contributed by atoms with Gasteiger partial charge in [-0.05, 0) is 24.1 Å². The van der Waals surface area contributed by atoms with Crippen LogP contribution in [0.2, 0.25) is 0 Å². The van der Waals surface area contributed by atoms with Gasteiger partial charge in [-0.1, -0.05) is 12.1 Å². The molecular formula is C11H20N4. The van der Waals surface area contributed by atoms with Gasteiger partial charge in [-0.3, -0.25) is 0 Å². The monoisotopic (exact) mass is 208 g/mol. The minimum absolute atomic E-state index is 0.125. The van der Waals surface area contributed by atoms with Crippen LogP contribution in [0, 0.1) is 0 Å². The third-order valence-electron chi connectivity index (χ3n) is 2.21. The van der Waals surface area contributed by atoms with Crippen molar-refractivity contribution in [1.29, 1.82) is 0 Å². The van der Waals surface area contributed by atoms with Gasteiger partial charge in [-0.25, -0.2) is 0 Å². The molecule has 15 heavy (non-hydrogen) atoms. The quantitative estimate of drug-likeness (QED) is 0.381. The largest absolute Gasteiger partial charge is 0.399 e. The van der Waals surface area contributed by atoms with E-state index < -0.39 is 0 Å². The van der Waals surface area contributed by atoms with Crippen molar-refractivity contribution in [1.82, 2.24) is 5.32 Å². The van der Waals surface area contributed by atoms with Crippen molar-refractivity contribution in [3.05, 3.63) is 29.8 Å². The molecule has 0 aromatic heterocycles. The van der Waals surface area contributed by atoms with Crippen LogP contribution < -0.4 is 22.5 Å². The second-order valence-electron chi connectivity index (χ2n) is 3.70. The van der Waals surface area contributed by atoms with E-state index in [1.165, 1.54) is 5.56 Å². The highest BCUT2D eigenvalue weighted by atomic mass is 14.9. The Morgan fingerprint density at radius 1 is 1.20 bits per heavy atom. The fourth-order valence-corrected chi connectivity index (χ4v) is 1.42. The standard InChI is InChI=1S/C11H20N4/c12-5-6-15-8-11(14)7-9-1-3-10(13)4-2-9/h1-4,11,15H,5-8,12-14H2/t11-/m0/s1. The first-order chi connectivity index (χ1) is 7.22. The lowest BCUT2D eigenvalue weighted by atomic mass is 10.1. The smallest absolute Gasteiger partial charge is 0.0314 e. The maximum Gasteiger partial charge on any atom is 0.0314 e. The van der Waals surface area contributed by atoms with E-state index in [1.54, 1.807) is 0 Å². The molecule has 1 aromatic rings. The summed E-state index contributed by atoms with van der Waals surface area (Å²) in [6.45, 7) is 2.26. The molecule has 1 atom stereocenters. The normalized spacial score (nSPS) is 12.7. The SMILES string of the molecule is NCCNC[C@@H](N)Cc1ccc(N)cc1. The lowest BCUT2D eigenvalue weighted by Crippen LogP contribution is -2.37. The van der Waals surface area contributed by atoms with Crippen LogP contribution in [0.5, 0.6) is 0 Å². The fourth-order valence-electron chi connectivity index (χ4n) is 1.42. The maximum atomic E-state index is 5.95. The molecule has 0 spiro atoms. The van der Waals surface area contributed by atoms with E-state index >= 15 is 0 Å². The van der Waals surface area contributed by atoms with Gasteiger partial charge in [-0.15, -0.1) is 0 Å². The summed E-state index contributed by atoms with van der Waals surface area (Å²) in [7, 11) is 0. The van der Waals surface area contributed by atoms with E-state index in [2.05, 4.69) is 5.32 Å². The molecule has 0 heterocycles. The van der Waals surface area contributed by atoms with Crippen LogP contribution >= 0.6 is 0 Å². The summed E-state index contributed by atoms with van der Waals surface area (Å²) < 4.78 is 0. The maximum absolute atomic E-state index is 5.95. The van der Waals surface area contributed by atoms with Gasteiger partial charge in [-0.2, -0.15) is 0 Å². The summed E-state index contributed by atoms with van der Waals surface area (Å²) in [6, 6.07) is 7.95. The van der Waals surface area contributed by atoms with Crippen LogP contribution in [0.25, 0.3) is 0 Å². The number of nitrogen functional groups attached to an aromatic ring is 1. The number of benzene rings is 1. The molecular weight excluding hydrogens is 188 g/mol. The van der Waals surface area contributed by atoms with E-state index in [1.807, 2.05) is 24.3 Å². The lowest BCUT2D eigenvalue weighted by molar-refractivity contribution is 0.578. The first-order valence-electron chi connectivity index (χ1n) is 5.23.